The van der Waals surface area contributed by atoms with Crippen LogP contribution in [0.5, 0.6) is 5.75 Å². The lowest BCUT2D eigenvalue weighted by molar-refractivity contribution is 0.0774. The van der Waals surface area contributed by atoms with Crippen molar-refractivity contribution >= 4 is 11.8 Å². The Morgan fingerprint density at radius 1 is 1.12 bits per heavy atom. The molecule has 0 bridgehead atoms. The summed E-state index contributed by atoms with van der Waals surface area (Å²) >= 11 is 0. The molecule has 2 N–H and O–H groups in total. The standard InChI is InChI=1S/C20H22N2O4/c1-26-18-10-6-5-9-16(18)20(25)22-11-15(13-23)17(12-22)21-19(24)14-7-3-2-4-8-14/h2-10,15,17,23H,11-13H2,1H3,(H,21,24)/t15-,17+/m0/s1. The summed E-state index contributed by atoms with van der Waals surface area (Å²) in [6.45, 7) is 0.628. The lowest BCUT2D eigenvalue weighted by Gasteiger charge is -2.18. The van der Waals surface area contributed by atoms with Gasteiger partial charge >= 0.3 is 0 Å². The molecule has 0 saturated carbocycles. The topological polar surface area (TPSA) is 78.9 Å². The minimum absolute atomic E-state index is 0.102. The highest BCUT2D eigenvalue weighted by atomic mass is 16.5. The lowest BCUT2D eigenvalue weighted by atomic mass is 10.0. The average molecular weight is 354 g/mol. The van der Waals surface area contributed by atoms with Crippen LogP contribution in [-0.2, 0) is 0 Å². The first-order valence-corrected chi connectivity index (χ1v) is 8.53. The highest BCUT2D eigenvalue weighted by molar-refractivity contribution is 5.97. The summed E-state index contributed by atoms with van der Waals surface area (Å²) in [5.74, 6) is -0.0749. The monoisotopic (exact) mass is 354 g/mol. The van der Waals surface area contributed by atoms with E-state index in [1.165, 1.54) is 7.11 Å². The maximum absolute atomic E-state index is 12.8. The Morgan fingerprint density at radius 2 is 1.81 bits per heavy atom. The van der Waals surface area contributed by atoms with Crippen molar-refractivity contribution in [2.24, 2.45) is 5.92 Å². The molecule has 3 rings (SSSR count). The molecule has 6 nitrogen and oxygen atoms in total. The molecule has 2 aromatic carbocycles. The number of benzene rings is 2. The van der Waals surface area contributed by atoms with E-state index in [4.69, 9.17) is 4.74 Å². The molecular formula is C20H22N2O4. The van der Waals surface area contributed by atoms with Crippen LogP contribution in [0.4, 0.5) is 0 Å². The second-order valence-electron chi connectivity index (χ2n) is 6.30. The first-order valence-electron chi connectivity index (χ1n) is 8.53. The van der Waals surface area contributed by atoms with Crippen molar-refractivity contribution < 1.29 is 19.4 Å². The first kappa shape index (κ1) is 17.9. The molecule has 0 spiro atoms. The fraction of sp³-hybridized carbons (Fsp3) is 0.300. The molecule has 0 aliphatic carbocycles. The van der Waals surface area contributed by atoms with Crippen molar-refractivity contribution in [1.82, 2.24) is 10.2 Å². The molecule has 136 valence electrons. The summed E-state index contributed by atoms with van der Waals surface area (Å²) in [4.78, 5) is 26.9. The molecule has 26 heavy (non-hydrogen) atoms. The van der Waals surface area contributed by atoms with Crippen LogP contribution < -0.4 is 10.1 Å². The van der Waals surface area contributed by atoms with Crippen LogP contribution in [0.25, 0.3) is 0 Å². The number of methoxy groups -OCH3 is 1. The molecule has 0 radical (unpaired) electrons. The molecule has 1 heterocycles. The molecule has 6 heteroatoms. The van der Waals surface area contributed by atoms with Crippen molar-refractivity contribution in [2.75, 3.05) is 26.8 Å². The van der Waals surface area contributed by atoms with Gasteiger partial charge < -0.3 is 20.1 Å². The van der Waals surface area contributed by atoms with Gasteiger partial charge in [0.1, 0.15) is 5.75 Å². The predicted molar refractivity (Wildman–Crippen MR) is 97.2 cm³/mol. The molecule has 1 aliphatic heterocycles. The van der Waals surface area contributed by atoms with E-state index in [0.717, 1.165) is 0 Å². The van der Waals surface area contributed by atoms with Gasteiger partial charge in [0.05, 0.1) is 18.7 Å². The van der Waals surface area contributed by atoms with Crippen molar-refractivity contribution in [1.29, 1.82) is 0 Å². The molecule has 2 atom stereocenters. The zero-order valence-electron chi connectivity index (χ0n) is 14.6. The normalized spacial score (nSPS) is 19.2. The minimum atomic E-state index is -0.300. The van der Waals surface area contributed by atoms with E-state index in [2.05, 4.69) is 5.32 Å². The Morgan fingerprint density at radius 3 is 2.50 bits per heavy atom. The number of nitrogens with one attached hydrogen (secondary N) is 1. The molecule has 1 saturated heterocycles. The third-order valence-corrected chi connectivity index (χ3v) is 4.65. The van der Waals surface area contributed by atoms with Crippen LogP contribution in [0.1, 0.15) is 20.7 Å². The molecule has 2 aromatic rings. The van der Waals surface area contributed by atoms with Crippen molar-refractivity contribution in [3.8, 4) is 5.75 Å². The summed E-state index contributed by atoms with van der Waals surface area (Å²) < 4.78 is 5.26. The largest absolute Gasteiger partial charge is 0.496 e. The van der Waals surface area contributed by atoms with Gasteiger partial charge in [0.15, 0.2) is 0 Å². The fourth-order valence-electron chi connectivity index (χ4n) is 3.22. The first-order chi connectivity index (χ1) is 12.6. The van der Waals surface area contributed by atoms with Gasteiger partial charge in [-0.3, -0.25) is 9.59 Å². The minimum Gasteiger partial charge on any atom is -0.496 e. The van der Waals surface area contributed by atoms with Gasteiger partial charge in [-0.05, 0) is 24.3 Å². The summed E-state index contributed by atoms with van der Waals surface area (Å²) in [6, 6.07) is 15.6. The number of ether oxygens (including phenoxy) is 1. The number of amides is 2. The van der Waals surface area contributed by atoms with Gasteiger partial charge in [-0.25, -0.2) is 0 Å². The third-order valence-electron chi connectivity index (χ3n) is 4.65. The fourth-order valence-corrected chi connectivity index (χ4v) is 3.22. The van der Waals surface area contributed by atoms with Gasteiger partial charge in [-0.15, -0.1) is 0 Å². The highest BCUT2D eigenvalue weighted by Crippen LogP contribution is 2.24. The van der Waals surface area contributed by atoms with E-state index in [1.54, 1.807) is 53.4 Å². The summed E-state index contributed by atoms with van der Waals surface area (Å²) in [7, 11) is 1.52. The second-order valence-corrected chi connectivity index (χ2v) is 6.30. The molecule has 1 aliphatic rings. The average Bonchev–Trinajstić information content (AvgIpc) is 3.10. The Kier molecular flexibility index (Phi) is 5.53. The van der Waals surface area contributed by atoms with E-state index in [9.17, 15) is 14.7 Å². The number of carbonyl (C=O) groups excluding carboxylic acids is 2. The van der Waals surface area contributed by atoms with Crippen LogP contribution in [0, 0.1) is 5.92 Å². The van der Waals surface area contributed by atoms with E-state index < -0.39 is 0 Å². The highest BCUT2D eigenvalue weighted by Gasteiger charge is 2.36. The van der Waals surface area contributed by atoms with E-state index in [1.807, 2.05) is 6.07 Å². The van der Waals surface area contributed by atoms with Gasteiger partial charge in [0.2, 0.25) is 0 Å². The lowest BCUT2D eigenvalue weighted by Crippen LogP contribution is -2.42. The van der Waals surface area contributed by atoms with Crippen LogP contribution in [-0.4, -0.2) is 54.7 Å². The number of likely N-dealkylation sites (tertiary alicyclic amines) is 1. The smallest absolute Gasteiger partial charge is 0.257 e. The number of para-hydroxylation sites is 1. The zero-order chi connectivity index (χ0) is 18.5. The maximum atomic E-state index is 12.8. The van der Waals surface area contributed by atoms with Crippen LogP contribution in [0.2, 0.25) is 0 Å². The quantitative estimate of drug-likeness (QED) is 0.854. The number of carbonyl (C=O) groups is 2. The van der Waals surface area contributed by atoms with Crippen LogP contribution >= 0.6 is 0 Å². The van der Waals surface area contributed by atoms with E-state index in [-0.39, 0.29) is 30.4 Å². The molecular weight excluding hydrogens is 332 g/mol. The molecule has 0 aromatic heterocycles. The molecule has 0 unspecified atom stereocenters. The summed E-state index contributed by atoms with van der Waals surface area (Å²) in [5.41, 5.74) is 1.03. The van der Waals surface area contributed by atoms with Crippen molar-refractivity contribution in [3.63, 3.8) is 0 Å². The van der Waals surface area contributed by atoms with Gasteiger partial charge in [-0.1, -0.05) is 30.3 Å². The Bertz CT molecular complexity index is 778. The molecule has 1 fully saturated rings. The number of aliphatic hydroxyl groups excluding tert-OH is 1. The second kappa shape index (κ2) is 8.01. The Labute approximate surface area is 152 Å². The van der Waals surface area contributed by atoms with Crippen LogP contribution in [0.3, 0.4) is 0 Å². The van der Waals surface area contributed by atoms with Gasteiger partial charge in [0, 0.05) is 31.2 Å². The number of hydrogen-bond acceptors (Lipinski definition) is 4. The van der Waals surface area contributed by atoms with E-state index >= 15 is 0 Å². The number of hydrogen-bond donors (Lipinski definition) is 2. The summed E-state index contributed by atoms with van der Waals surface area (Å²) in [5, 5.41) is 12.6. The number of rotatable bonds is 5. The maximum Gasteiger partial charge on any atom is 0.257 e. The van der Waals surface area contributed by atoms with Crippen molar-refractivity contribution in [2.45, 2.75) is 6.04 Å². The van der Waals surface area contributed by atoms with Gasteiger partial charge in [-0.2, -0.15) is 0 Å². The predicted octanol–water partition coefficient (Wildman–Crippen LogP) is 1.56. The Balaban J connectivity index is 1.72. The Hall–Kier alpha value is -2.86. The van der Waals surface area contributed by atoms with Crippen molar-refractivity contribution in [3.05, 3.63) is 65.7 Å². The third kappa shape index (κ3) is 3.70. The van der Waals surface area contributed by atoms with E-state index in [0.29, 0.717) is 30.0 Å². The zero-order valence-corrected chi connectivity index (χ0v) is 14.6. The molecule has 2 amide bonds. The summed E-state index contributed by atoms with van der Waals surface area (Å²) in [6.07, 6.45) is 0. The van der Waals surface area contributed by atoms with Gasteiger partial charge in [0.25, 0.3) is 11.8 Å². The number of aliphatic hydroxyl groups is 1. The SMILES string of the molecule is COc1ccccc1C(=O)N1C[C@@H](CO)[C@H](NC(=O)c2ccccc2)C1. The number of nitrogens with zero attached hydrogens (tertiary/aromatic N) is 1. The van der Waals surface area contributed by atoms with Crippen LogP contribution in [0.15, 0.2) is 54.6 Å².